The van der Waals surface area contributed by atoms with Crippen LogP contribution in [0.2, 0.25) is 0 Å². The molecule has 0 unspecified atom stereocenters. The van der Waals surface area contributed by atoms with Crippen LogP contribution in [0.4, 0.5) is 0 Å². The van der Waals surface area contributed by atoms with Crippen LogP contribution in [0.25, 0.3) is 0 Å². The van der Waals surface area contributed by atoms with Gasteiger partial charge in [0, 0.05) is 19.1 Å². The van der Waals surface area contributed by atoms with E-state index < -0.39 is 0 Å². The van der Waals surface area contributed by atoms with Crippen LogP contribution in [0.5, 0.6) is 0 Å². The molecule has 1 N–H and O–H groups in total. The number of amides is 1. The van der Waals surface area contributed by atoms with Gasteiger partial charge in [-0.25, -0.2) is 9.89 Å². The third-order valence-corrected chi connectivity index (χ3v) is 7.04. The number of rotatable bonds is 6. The first kappa shape index (κ1) is 19.3. The molecule has 150 valence electrons. The van der Waals surface area contributed by atoms with Gasteiger partial charge >= 0.3 is 5.69 Å². The number of piperidine rings is 1. The van der Waals surface area contributed by atoms with Crippen LogP contribution in [0.1, 0.15) is 44.1 Å². The summed E-state index contributed by atoms with van der Waals surface area (Å²) in [5.41, 5.74) is 0.968. The normalized spacial score (nSPS) is 22.1. The highest BCUT2D eigenvalue weighted by Crippen LogP contribution is 2.35. The second-order valence-electron chi connectivity index (χ2n) is 7.83. The number of nitrogens with one attached hydrogen (secondary N) is 1. The molecule has 1 amide bonds. The molecule has 1 saturated carbocycles. The Kier molecular flexibility index (Phi) is 6.20. The van der Waals surface area contributed by atoms with Crippen molar-refractivity contribution >= 4 is 17.7 Å². The van der Waals surface area contributed by atoms with Gasteiger partial charge in [0.25, 0.3) is 0 Å². The molecule has 2 aromatic rings. The second-order valence-corrected chi connectivity index (χ2v) is 8.77. The number of H-pyrrole nitrogens is 1. The molecular formula is C21H28N4O2S. The number of likely N-dealkylation sites (tertiary alicyclic amines) is 1. The van der Waals surface area contributed by atoms with Gasteiger partial charge in [-0.05, 0) is 43.6 Å². The summed E-state index contributed by atoms with van der Waals surface area (Å²) in [5, 5.41) is 7.28. The van der Waals surface area contributed by atoms with E-state index in [4.69, 9.17) is 0 Å². The maximum Gasteiger partial charge on any atom is 0.343 e. The van der Waals surface area contributed by atoms with Gasteiger partial charge in [0.2, 0.25) is 5.91 Å². The van der Waals surface area contributed by atoms with E-state index in [0.717, 1.165) is 25.8 Å². The predicted octanol–water partition coefficient (Wildman–Crippen LogP) is 3.09. The topological polar surface area (TPSA) is 71.0 Å². The molecule has 0 radical (unpaired) electrons. The van der Waals surface area contributed by atoms with Crippen LogP contribution in [-0.2, 0) is 17.8 Å². The minimum absolute atomic E-state index is 0.187. The van der Waals surface area contributed by atoms with Gasteiger partial charge in [0.1, 0.15) is 0 Å². The molecule has 6 nitrogen and oxygen atoms in total. The standard InChI is InChI=1S/C21H28N4O2S/c26-19(24-13-6-10-17-9-4-5-11-18(17)24)15-28-21-23-22-20(27)25(21)14-12-16-7-2-1-3-8-16/h1-3,7-8,17-18H,4-6,9-15H2,(H,22,27)/t17-,18+/m1/s1. The second kappa shape index (κ2) is 8.99. The number of aromatic nitrogens is 3. The number of thioether (sulfide) groups is 1. The number of aromatic amines is 1. The van der Waals surface area contributed by atoms with Crippen LogP contribution in [0, 0.1) is 5.92 Å². The fourth-order valence-electron chi connectivity index (χ4n) is 4.64. The molecule has 7 heteroatoms. The average molecular weight is 401 g/mol. The Bertz CT molecular complexity index is 846. The number of benzene rings is 1. The van der Waals surface area contributed by atoms with Crippen molar-refractivity contribution in [3.8, 4) is 0 Å². The minimum atomic E-state index is -0.212. The van der Waals surface area contributed by atoms with Crippen molar-refractivity contribution in [2.45, 2.75) is 62.7 Å². The average Bonchev–Trinajstić information content (AvgIpc) is 3.10. The van der Waals surface area contributed by atoms with Gasteiger partial charge in [-0.3, -0.25) is 9.36 Å². The number of fused-ring (bicyclic) bond motifs is 1. The number of carbonyl (C=O) groups is 1. The van der Waals surface area contributed by atoms with E-state index in [9.17, 15) is 9.59 Å². The molecule has 0 bridgehead atoms. The Labute approximate surface area is 169 Å². The molecule has 0 spiro atoms. The van der Waals surface area contributed by atoms with E-state index >= 15 is 0 Å². The van der Waals surface area contributed by atoms with Gasteiger partial charge in [0.05, 0.1) is 5.75 Å². The highest BCUT2D eigenvalue weighted by molar-refractivity contribution is 7.99. The lowest BCUT2D eigenvalue weighted by molar-refractivity contribution is -0.134. The van der Waals surface area contributed by atoms with Crippen LogP contribution < -0.4 is 5.69 Å². The molecule has 1 aliphatic carbocycles. The number of hydrogen-bond donors (Lipinski definition) is 1. The van der Waals surface area contributed by atoms with Crippen molar-refractivity contribution in [2.75, 3.05) is 12.3 Å². The smallest absolute Gasteiger partial charge is 0.339 e. The highest BCUT2D eigenvalue weighted by atomic mass is 32.2. The molecule has 1 aromatic carbocycles. The Morgan fingerprint density at radius 3 is 2.79 bits per heavy atom. The number of hydrogen-bond acceptors (Lipinski definition) is 4. The van der Waals surface area contributed by atoms with Gasteiger partial charge in [-0.15, -0.1) is 5.10 Å². The first-order valence-electron chi connectivity index (χ1n) is 10.3. The van der Waals surface area contributed by atoms with Gasteiger partial charge in [0.15, 0.2) is 5.16 Å². The van der Waals surface area contributed by atoms with Crippen LogP contribution in [0.15, 0.2) is 40.3 Å². The van der Waals surface area contributed by atoms with Crippen molar-refractivity contribution in [1.82, 2.24) is 19.7 Å². The number of carbonyl (C=O) groups excluding carboxylic acids is 1. The van der Waals surface area contributed by atoms with Crippen molar-refractivity contribution < 1.29 is 4.79 Å². The molecule has 2 fully saturated rings. The zero-order valence-corrected chi connectivity index (χ0v) is 17.0. The van der Waals surface area contributed by atoms with Gasteiger partial charge in [-0.1, -0.05) is 54.9 Å². The summed E-state index contributed by atoms with van der Waals surface area (Å²) in [6, 6.07) is 10.5. The molecule has 2 heterocycles. The Balaban J connectivity index is 1.37. The largest absolute Gasteiger partial charge is 0.343 e. The SMILES string of the molecule is O=C(CSc1n[nH]c(=O)n1CCc1ccccc1)N1CCC[C@H]2CCCC[C@@H]21. The van der Waals surface area contributed by atoms with E-state index in [-0.39, 0.29) is 11.6 Å². The van der Waals surface area contributed by atoms with Crippen molar-refractivity contribution in [2.24, 2.45) is 5.92 Å². The molecule has 1 saturated heterocycles. The first-order chi connectivity index (χ1) is 13.7. The summed E-state index contributed by atoms with van der Waals surface area (Å²) < 4.78 is 1.64. The molecular weight excluding hydrogens is 372 g/mol. The molecule has 28 heavy (non-hydrogen) atoms. The first-order valence-corrected chi connectivity index (χ1v) is 11.3. The summed E-state index contributed by atoms with van der Waals surface area (Å²) in [5.74, 6) is 1.22. The van der Waals surface area contributed by atoms with Gasteiger partial charge < -0.3 is 4.90 Å². The Hall–Kier alpha value is -2.02. The van der Waals surface area contributed by atoms with E-state index in [0.29, 0.717) is 29.4 Å². The van der Waals surface area contributed by atoms with Crippen molar-refractivity contribution in [3.63, 3.8) is 0 Å². The fourth-order valence-corrected chi connectivity index (χ4v) is 5.50. The molecule has 2 atom stereocenters. The zero-order valence-electron chi connectivity index (χ0n) is 16.2. The van der Waals surface area contributed by atoms with Crippen LogP contribution in [0.3, 0.4) is 0 Å². The monoisotopic (exact) mass is 400 g/mol. The summed E-state index contributed by atoms with van der Waals surface area (Å²) in [7, 11) is 0. The van der Waals surface area contributed by atoms with Crippen molar-refractivity contribution in [1.29, 1.82) is 0 Å². The summed E-state index contributed by atoms with van der Waals surface area (Å²) in [4.78, 5) is 27.1. The van der Waals surface area contributed by atoms with Crippen molar-refractivity contribution in [3.05, 3.63) is 46.4 Å². The number of nitrogens with zero attached hydrogens (tertiary/aromatic N) is 3. The maximum absolute atomic E-state index is 12.9. The lowest BCUT2D eigenvalue weighted by Gasteiger charge is -2.44. The Morgan fingerprint density at radius 1 is 1.14 bits per heavy atom. The third kappa shape index (κ3) is 4.35. The zero-order chi connectivity index (χ0) is 19.3. The molecule has 2 aliphatic rings. The Morgan fingerprint density at radius 2 is 1.93 bits per heavy atom. The van der Waals surface area contributed by atoms with E-state index in [2.05, 4.69) is 27.2 Å². The van der Waals surface area contributed by atoms with Crippen LogP contribution >= 0.6 is 11.8 Å². The lowest BCUT2D eigenvalue weighted by atomic mass is 9.78. The number of aryl methyl sites for hydroxylation is 1. The summed E-state index contributed by atoms with van der Waals surface area (Å²) >= 11 is 1.37. The predicted molar refractivity (Wildman–Crippen MR) is 110 cm³/mol. The minimum Gasteiger partial charge on any atom is -0.339 e. The maximum atomic E-state index is 12.9. The van der Waals surface area contributed by atoms with E-state index in [1.165, 1.54) is 43.0 Å². The third-order valence-electron chi connectivity index (χ3n) is 6.08. The summed E-state index contributed by atoms with van der Waals surface area (Å²) in [6.45, 7) is 1.44. The fraction of sp³-hybridized carbons (Fsp3) is 0.571. The lowest BCUT2D eigenvalue weighted by Crippen LogP contribution is -2.50. The molecule has 4 rings (SSSR count). The molecule has 1 aromatic heterocycles. The summed E-state index contributed by atoms with van der Waals surface area (Å²) in [6.07, 6.45) is 8.08. The van der Waals surface area contributed by atoms with Crippen LogP contribution in [-0.4, -0.2) is 43.9 Å². The molecule has 1 aliphatic heterocycles. The van der Waals surface area contributed by atoms with E-state index in [1.54, 1.807) is 4.57 Å². The van der Waals surface area contributed by atoms with Gasteiger partial charge in [-0.2, -0.15) is 0 Å². The quantitative estimate of drug-likeness (QED) is 0.757. The van der Waals surface area contributed by atoms with E-state index in [1.807, 2.05) is 18.2 Å². The highest BCUT2D eigenvalue weighted by Gasteiger charge is 2.35.